The number of carbonyl (C=O) groups excluding carboxylic acids is 1. The largest absolute Gasteiger partial charge is 0.497 e. The number of carbonyl (C=O) groups is 1. The summed E-state index contributed by atoms with van der Waals surface area (Å²) in [6, 6.07) is 17.2. The van der Waals surface area contributed by atoms with Gasteiger partial charge in [0.1, 0.15) is 29.2 Å². The summed E-state index contributed by atoms with van der Waals surface area (Å²) in [4.78, 5) is 12.4. The van der Waals surface area contributed by atoms with Crippen molar-refractivity contribution in [3.8, 4) is 23.6 Å². The minimum atomic E-state index is -0.374. The Kier molecular flexibility index (Phi) is 5.71. The van der Waals surface area contributed by atoms with Crippen molar-refractivity contribution in [3.63, 3.8) is 0 Å². The minimum absolute atomic E-state index is 0.0222. The van der Waals surface area contributed by atoms with Crippen molar-refractivity contribution in [2.24, 2.45) is 0 Å². The molecule has 0 saturated heterocycles. The first kappa shape index (κ1) is 16.8. The van der Waals surface area contributed by atoms with Crippen LogP contribution in [0.2, 0.25) is 0 Å². The van der Waals surface area contributed by atoms with E-state index in [0.29, 0.717) is 22.6 Å². The van der Waals surface area contributed by atoms with E-state index >= 15 is 0 Å². The van der Waals surface area contributed by atoms with Crippen LogP contribution in [0.15, 0.2) is 54.1 Å². The number of nitriles is 2. The normalized spacial score (nSPS) is 10.4. The van der Waals surface area contributed by atoms with E-state index in [4.69, 9.17) is 14.7 Å². The van der Waals surface area contributed by atoms with Crippen LogP contribution in [-0.2, 0) is 0 Å². The second-order valence-corrected chi connectivity index (χ2v) is 4.75. The Morgan fingerprint density at radius 3 is 2.50 bits per heavy atom. The molecule has 0 aliphatic carbocycles. The van der Waals surface area contributed by atoms with Crippen LogP contribution in [0, 0.1) is 22.7 Å². The average molecular weight is 318 g/mol. The van der Waals surface area contributed by atoms with Crippen molar-refractivity contribution in [1.29, 1.82) is 10.5 Å². The number of Topliss-reactive ketones (excluding diaryl/α,β-unsaturated/α-hetero) is 1. The fourth-order valence-corrected chi connectivity index (χ4v) is 2.01. The summed E-state index contributed by atoms with van der Waals surface area (Å²) in [6.07, 6.45) is 1.51. The summed E-state index contributed by atoms with van der Waals surface area (Å²) in [7, 11) is 1.51. The Bertz CT molecular complexity index is 840. The zero-order valence-electron chi connectivity index (χ0n) is 13.0. The summed E-state index contributed by atoms with van der Waals surface area (Å²) < 4.78 is 10.2. The van der Waals surface area contributed by atoms with Gasteiger partial charge in [-0.1, -0.05) is 24.3 Å². The standard InChI is InChI=1S/C19H14N2O3/c1-23-18-4-2-3-15(12-18)19(22)16(13-21)11-14-5-7-17(8-6-14)24-10-9-20/h2-8,11-12H,10H2,1H3/b16-11+. The molecule has 0 N–H and O–H groups in total. The second-order valence-electron chi connectivity index (χ2n) is 4.75. The van der Waals surface area contributed by atoms with E-state index in [1.807, 2.05) is 12.1 Å². The van der Waals surface area contributed by atoms with Gasteiger partial charge in [-0.05, 0) is 35.9 Å². The Hall–Kier alpha value is -3.57. The number of allylic oxidation sites excluding steroid dienone is 1. The molecular weight excluding hydrogens is 304 g/mol. The number of hydrogen-bond donors (Lipinski definition) is 0. The van der Waals surface area contributed by atoms with Crippen molar-refractivity contribution in [2.45, 2.75) is 0 Å². The van der Waals surface area contributed by atoms with Gasteiger partial charge in [-0.3, -0.25) is 4.79 Å². The molecule has 0 aliphatic heterocycles. The number of nitrogens with zero attached hydrogens (tertiary/aromatic N) is 2. The quantitative estimate of drug-likeness (QED) is 0.463. The van der Waals surface area contributed by atoms with Gasteiger partial charge in [0.25, 0.3) is 0 Å². The van der Waals surface area contributed by atoms with E-state index in [2.05, 4.69) is 0 Å². The van der Waals surface area contributed by atoms with E-state index in [0.717, 1.165) is 0 Å². The van der Waals surface area contributed by atoms with Crippen LogP contribution in [0.1, 0.15) is 15.9 Å². The number of rotatable bonds is 6. The third-order valence-corrected chi connectivity index (χ3v) is 3.19. The Morgan fingerprint density at radius 1 is 1.12 bits per heavy atom. The van der Waals surface area contributed by atoms with Crippen molar-refractivity contribution in [3.05, 3.63) is 65.2 Å². The van der Waals surface area contributed by atoms with Crippen molar-refractivity contribution >= 4 is 11.9 Å². The van der Waals surface area contributed by atoms with Gasteiger partial charge in [0.05, 0.1) is 7.11 Å². The third-order valence-electron chi connectivity index (χ3n) is 3.19. The van der Waals surface area contributed by atoms with E-state index in [-0.39, 0.29) is 18.0 Å². The summed E-state index contributed by atoms with van der Waals surface area (Å²) >= 11 is 0. The summed E-state index contributed by atoms with van der Waals surface area (Å²) in [6.45, 7) is -0.0348. The Morgan fingerprint density at radius 2 is 1.88 bits per heavy atom. The fourth-order valence-electron chi connectivity index (χ4n) is 2.01. The van der Waals surface area contributed by atoms with E-state index in [1.54, 1.807) is 48.5 Å². The lowest BCUT2D eigenvalue weighted by molar-refractivity contribution is 0.103. The molecule has 118 valence electrons. The molecule has 24 heavy (non-hydrogen) atoms. The second kappa shape index (κ2) is 8.17. The first-order chi connectivity index (χ1) is 11.7. The highest BCUT2D eigenvalue weighted by atomic mass is 16.5. The summed E-state index contributed by atoms with van der Waals surface area (Å²) in [5.41, 5.74) is 1.09. The fraction of sp³-hybridized carbons (Fsp3) is 0.105. The van der Waals surface area contributed by atoms with Gasteiger partial charge in [0.15, 0.2) is 6.61 Å². The van der Waals surface area contributed by atoms with Gasteiger partial charge >= 0.3 is 0 Å². The predicted octanol–water partition coefficient (Wildman–Crippen LogP) is 3.39. The Balaban J connectivity index is 2.23. The lowest BCUT2D eigenvalue weighted by atomic mass is 10.0. The third kappa shape index (κ3) is 4.22. The first-order valence-electron chi connectivity index (χ1n) is 7.08. The number of methoxy groups -OCH3 is 1. The van der Waals surface area contributed by atoms with Gasteiger partial charge in [0.2, 0.25) is 5.78 Å². The topological polar surface area (TPSA) is 83.1 Å². The Labute approximate surface area is 140 Å². The molecule has 0 bridgehead atoms. The van der Waals surface area contributed by atoms with Gasteiger partial charge < -0.3 is 9.47 Å². The molecule has 0 amide bonds. The zero-order chi connectivity index (χ0) is 17.4. The van der Waals surface area contributed by atoms with Crippen LogP contribution >= 0.6 is 0 Å². The highest BCUT2D eigenvalue weighted by Gasteiger charge is 2.13. The maximum atomic E-state index is 12.4. The van der Waals surface area contributed by atoms with E-state index < -0.39 is 0 Å². The number of ether oxygens (including phenoxy) is 2. The molecule has 2 aromatic carbocycles. The molecular formula is C19H14N2O3. The van der Waals surface area contributed by atoms with Crippen LogP contribution in [0.5, 0.6) is 11.5 Å². The SMILES string of the molecule is COc1cccc(C(=O)/C(C#N)=C/c2ccc(OCC#N)cc2)c1. The molecule has 0 radical (unpaired) electrons. The average Bonchev–Trinajstić information content (AvgIpc) is 2.64. The molecule has 0 unspecified atom stereocenters. The summed E-state index contributed by atoms with van der Waals surface area (Å²) in [5, 5.41) is 17.8. The molecule has 0 saturated carbocycles. The molecule has 5 heteroatoms. The molecule has 0 spiro atoms. The van der Waals surface area contributed by atoms with E-state index in [9.17, 15) is 10.1 Å². The van der Waals surface area contributed by atoms with Crippen LogP contribution in [0.4, 0.5) is 0 Å². The number of hydrogen-bond acceptors (Lipinski definition) is 5. The number of benzene rings is 2. The number of ketones is 1. The minimum Gasteiger partial charge on any atom is -0.497 e. The van der Waals surface area contributed by atoms with E-state index in [1.165, 1.54) is 13.2 Å². The molecule has 0 aromatic heterocycles. The van der Waals surface area contributed by atoms with Gasteiger partial charge in [-0.15, -0.1) is 0 Å². The van der Waals surface area contributed by atoms with Crippen LogP contribution in [0.3, 0.4) is 0 Å². The van der Waals surface area contributed by atoms with Gasteiger partial charge in [-0.2, -0.15) is 10.5 Å². The van der Waals surface area contributed by atoms with Crippen LogP contribution < -0.4 is 9.47 Å². The molecule has 5 nitrogen and oxygen atoms in total. The van der Waals surface area contributed by atoms with Crippen LogP contribution in [-0.4, -0.2) is 19.5 Å². The lowest BCUT2D eigenvalue weighted by Gasteiger charge is -2.04. The van der Waals surface area contributed by atoms with Crippen molar-refractivity contribution < 1.29 is 14.3 Å². The smallest absolute Gasteiger partial charge is 0.203 e. The maximum absolute atomic E-state index is 12.4. The zero-order valence-corrected chi connectivity index (χ0v) is 13.0. The summed E-state index contributed by atoms with van der Waals surface area (Å²) in [5.74, 6) is 0.727. The molecule has 0 aliphatic rings. The highest BCUT2D eigenvalue weighted by Crippen LogP contribution is 2.19. The molecule has 0 atom stereocenters. The van der Waals surface area contributed by atoms with Crippen molar-refractivity contribution in [1.82, 2.24) is 0 Å². The molecule has 2 rings (SSSR count). The van der Waals surface area contributed by atoms with Gasteiger partial charge in [0, 0.05) is 5.56 Å². The van der Waals surface area contributed by atoms with Crippen LogP contribution in [0.25, 0.3) is 6.08 Å². The molecule has 0 fully saturated rings. The lowest BCUT2D eigenvalue weighted by Crippen LogP contribution is -2.02. The van der Waals surface area contributed by atoms with Gasteiger partial charge in [-0.25, -0.2) is 0 Å². The predicted molar refractivity (Wildman–Crippen MR) is 88.5 cm³/mol. The molecule has 2 aromatic rings. The van der Waals surface area contributed by atoms with Crippen molar-refractivity contribution in [2.75, 3.05) is 13.7 Å². The molecule has 0 heterocycles. The maximum Gasteiger partial charge on any atom is 0.203 e. The highest BCUT2D eigenvalue weighted by molar-refractivity contribution is 6.14. The first-order valence-corrected chi connectivity index (χ1v) is 7.08. The monoisotopic (exact) mass is 318 g/mol.